The van der Waals surface area contributed by atoms with Crippen LogP contribution in [0, 0.1) is 6.92 Å². The Labute approximate surface area is 201 Å². The van der Waals surface area contributed by atoms with Gasteiger partial charge in [-0.1, -0.05) is 11.2 Å². The van der Waals surface area contributed by atoms with Crippen LogP contribution in [0.3, 0.4) is 0 Å². The first-order valence-corrected chi connectivity index (χ1v) is 11.3. The largest absolute Gasteiger partial charge is 0.494 e. The number of hydrogen-bond acceptors (Lipinski definition) is 11. The topological polar surface area (TPSA) is 122 Å². The van der Waals surface area contributed by atoms with Crippen molar-refractivity contribution in [2.24, 2.45) is 0 Å². The molecule has 2 atom stereocenters. The molecule has 0 saturated carbocycles. The minimum absolute atomic E-state index is 0.0760. The monoisotopic (exact) mass is 483 g/mol. The van der Waals surface area contributed by atoms with Crippen LogP contribution in [0.5, 0.6) is 11.5 Å². The number of anilines is 1. The Morgan fingerprint density at radius 2 is 1.74 bits per heavy atom. The Balaban J connectivity index is 1.69. The zero-order valence-corrected chi connectivity index (χ0v) is 20.2. The molecule has 11 nitrogen and oxygen atoms in total. The minimum Gasteiger partial charge on any atom is -0.494 e. The summed E-state index contributed by atoms with van der Waals surface area (Å²) in [7, 11) is 4.82. The third-order valence-corrected chi connectivity index (χ3v) is 5.95. The van der Waals surface area contributed by atoms with Gasteiger partial charge in [-0.15, -0.1) is 10.2 Å². The fraction of sp³-hybridized carbons (Fsp3) is 0.318. The summed E-state index contributed by atoms with van der Waals surface area (Å²) in [6, 6.07) is 7.22. The van der Waals surface area contributed by atoms with Crippen molar-refractivity contribution in [3.05, 3.63) is 54.3 Å². The van der Waals surface area contributed by atoms with Gasteiger partial charge in [0, 0.05) is 25.6 Å². The number of aromatic nitrogens is 6. The van der Waals surface area contributed by atoms with E-state index >= 15 is 0 Å². The summed E-state index contributed by atoms with van der Waals surface area (Å²) in [6.07, 6.45) is 4.68. The van der Waals surface area contributed by atoms with Crippen LogP contribution >= 0.6 is 11.9 Å². The molecule has 1 N–H and O–H groups in total. The molecule has 0 spiro atoms. The molecule has 0 aliphatic carbocycles. The molecular weight excluding hydrogens is 458 g/mol. The molecule has 2 unspecified atom stereocenters. The Hall–Kier alpha value is -3.64. The van der Waals surface area contributed by atoms with Crippen molar-refractivity contribution >= 4 is 17.9 Å². The lowest BCUT2D eigenvalue weighted by molar-refractivity contribution is 0.0972. The van der Waals surface area contributed by atoms with E-state index in [4.69, 9.17) is 18.7 Å². The molecule has 4 rings (SSSR count). The van der Waals surface area contributed by atoms with Gasteiger partial charge >= 0.3 is 0 Å². The molecular formula is C22H25N7O4S. The van der Waals surface area contributed by atoms with Crippen molar-refractivity contribution in [3.63, 3.8) is 0 Å². The third kappa shape index (κ3) is 4.68. The standard InChI is InChI=1S/C22H25N7O4S/c1-13-11-23-20(24-12-13)19(32-5)14(2)34-28-22-26-25-21(15-9-10-33-27-15)29(22)18-16(30-3)7-6-8-17(18)31-4/h6-12,14,19H,1-5H3,(H,26,28). The predicted octanol–water partition coefficient (Wildman–Crippen LogP) is 3.87. The number of ether oxygens (including phenoxy) is 3. The molecule has 178 valence electrons. The summed E-state index contributed by atoms with van der Waals surface area (Å²) in [5.74, 6) is 2.65. The lowest BCUT2D eigenvalue weighted by Gasteiger charge is -2.22. The van der Waals surface area contributed by atoms with Gasteiger partial charge in [0.05, 0.1) is 19.5 Å². The van der Waals surface area contributed by atoms with E-state index in [0.717, 1.165) is 5.56 Å². The number of benzene rings is 1. The van der Waals surface area contributed by atoms with Gasteiger partial charge in [-0.3, -0.25) is 9.29 Å². The molecule has 0 aliphatic rings. The van der Waals surface area contributed by atoms with Crippen LogP contribution in [0.25, 0.3) is 17.2 Å². The second-order valence-electron chi connectivity index (χ2n) is 7.28. The van der Waals surface area contributed by atoms with Gasteiger partial charge in [-0.2, -0.15) is 0 Å². The molecule has 3 aromatic heterocycles. The number of rotatable bonds is 10. The highest BCUT2D eigenvalue weighted by Crippen LogP contribution is 2.38. The summed E-state index contributed by atoms with van der Waals surface area (Å²) in [5.41, 5.74) is 2.11. The molecule has 0 bridgehead atoms. The maximum Gasteiger partial charge on any atom is 0.239 e. The van der Waals surface area contributed by atoms with Gasteiger partial charge < -0.3 is 18.7 Å². The van der Waals surface area contributed by atoms with Crippen LogP contribution in [0.2, 0.25) is 0 Å². The molecule has 3 heterocycles. The zero-order chi connectivity index (χ0) is 24.1. The van der Waals surface area contributed by atoms with Crippen molar-refractivity contribution in [1.82, 2.24) is 29.9 Å². The average molecular weight is 484 g/mol. The molecule has 34 heavy (non-hydrogen) atoms. The predicted molar refractivity (Wildman–Crippen MR) is 127 cm³/mol. The van der Waals surface area contributed by atoms with E-state index in [9.17, 15) is 0 Å². The summed E-state index contributed by atoms with van der Waals surface area (Å²) in [4.78, 5) is 8.82. The van der Waals surface area contributed by atoms with E-state index in [0.29, 0.717) is 40.5 Å². The smallest absolute Gasteiger partial charge is 0.239 e. The SMILES string of the molecule is COc1cccc(OC)c1-n1c(NSC(C)C(OC)c2ncc(C)cn2)nnc1-c1ccon1. The van der Waals surface area contributed by atoms with E-state index in [-0.39, 0.29) is 11.4 Å². The molecule has 12 heteroatoms. The van der Waals surface area contributed by atoms with Crippen molar-refractivity contribution < 1.29 is 18.7 Å². The van der Waals surface area contributed by atoms with E-state index in [1.54, 1.807) is 44.4 Å². The van der Waals surface area contributed by atoms with Gasteiger partial charge in [0.2, 0.25) is 5.95 Å². The molecule has 0 radical (unpaired) electrons. The highest BCUT2D eigenvalue weighted by atomic mass is 32.2. The lowest BCUT2D eigenvalue weighted by atomic mass is 10.2. The quantitative estimate of drug-likeness (QED) is 0.331. The van der Waals surface area contributed by atoms with Crippen molar-refractivity contribution in [1.29, 1.82) is 0 Å². The highest BCUT2D eigenvalue weighted by molar-refractivity contribution is 8.01. The second-order valence-corrected chi connectivity index (χ2v) is 8.46. The summed E-state index contributed by atoms with van der Waals surface area (Å²) >= 11 is 1.40. The van der Waals surface area contributed by atoms with Gasteiger partial charge in [0.25, 0.3) is 0 Å². The number of para-hydroxylation sites is 1. The Bertz CT molecular complexity index is 1190. The first-order chi connectivity index (χ1) is 16.6. The van der Waals surface area contributed by atoms with Crippen molar-refractivity contribution in [3.8, 4) is 28.7 Å². The van der Waals surface area contributed by atoms with Crippen LogP contribution < -0.4 is 14.2 Å². The van der Waals surface area contributed by atoms with E-state index < -0.39 is 0 Å². The van der Waals surface area contributed by atoms with Gasteiger partial charge in [-0.25, -0.2) is 9.97 Å². The third-order valence-electron chi connectivity index (χ3n) is 5.03. The van der Waals surface area contributed by atoms with Crippen LogP contribution in [0.1, 0.15) is 24.4 Å². The zero-order valence-electron chi connectivity index (χ0n) is 19.4. The molecule has 0 amide bonds. The molecule has 0 fully saturated rings. The van der Waals surface area contributed by atoms with Crippen LogP contribution in [-0.2, 0) is 4.74 Å². The Kier molecular flexibility index (Phi) is 7.28. The fourth-order valence-electron chi connectivity index (χ4n) is 3.37. The van der Waals surface area contributed by atoms with Crippen molar-refractivity contribution in [2.75, 3.05) is 26.1 Å². The first kappa shape index (κ1) is 23.5. The minimum atomic E-state index is -0.342. The van der Waals surface area contributed by atoms with Crippen LogP contribution in [-0.4, -0.2) is 56.5 Å². The lowest BCUT2D eigenvalue weighted by Crippen LogP contribution is -2.19. The number of nitrogens with one attached hydrogen (secondary N) is 1. The second kappa shape index (κ2) is 10.5. The Morgan fingerprint density at radius 1 is 1.03 bits per heavy atom. The number of nitrogens with zero attached hydrogens (tertiary/aromatic N) is 6. The van der Waals surface area contributed by atoms with Gasteiger partial charge in [-0.05, 0) is 43.5 Å². The average Bonchev–Trinajstić information content (AvgIpc) is 3.53. The van der Waals surface area contributed by atoms with Crippen molar-refractivity contribution in [2.45, 2.75) is 25.2 Å². The van der Waals surface area contributed by atoms with Crippen LogP contribution in [0.4, 0.5) is 5.95 Å². The maximum atomic E-state index is 5.69. The highest BCUT2D eigenvalue weighted by Gasteiger charge is 2.26. The normalized spacial score (nSPS) is 12.9. The van der Waals surface area contributed by atoms with Crippen LogP contribution in [0.15, 0.2) is 47.4 Å². The number of methoxy groups -OCH3 is 3. The molecule has 0 aliphatic heterocycles. The maximum absolute atomic E-state index is 5.69. The fourth-order valence-corrected chi connectivity index (χ4v) is 4.15. The molecule has 1 aromatic carbocycles. The van der Waals surface area contributed by atoms with E-state index in [1.165, 1.54) is 18.2 Å². The van der Waals surface area contributed by atoms with Gasteiger partial charge in [0.1, 0.15) is 29.6 Å². The summed E-state index contributed by atoms with van der Waals surface area (Å²) in [5, 5.41) is 12.7. The number of aryl methyl sites for hydroxylation is 1. The van der Waals surface area contributed by atoms with E-state index in [2.05, 4.69) is 30.0 Å². The first-order valence-electron chi connectivity index (χ1n) is 10.4. The summed E-state index contributed by atoms with van der Waals surface area (Å²) in [6.45, 7) is 3.95. The Morgan fingerprint density at radius 3 is 2.32 bits per heavy atom. The van der Waals surface area contributed by atoms with Gasteiger partial charge in [0.15, 0.2) is 17.3 Å². The summed E-state index contributed by atoms with van der Waals surface area (Å²) < 4.78 is 27.0. The molecule has 0 saturated heterocycles. The molecule has 4 aromatic rings. The van der Waals surface area contributed by atoms with E-state index in [1.807, 2.05) is 32.0 Å². The number of hydrogen-bond donors (Lipinski definition) is 1.